The zero-order valence-electron chi connectivity index (χ0n) is 9.74. The predicted molar refractivity (Wildman–Crippen MR) is 62.0 cm³/mol. The van der Waals surface area contributed by atoms with Gasteiger partial charge in [0, 0.05) is 18.6 Å². The van der Waals surface area contributed by atoms with Crippen LogP contribution in [0, 0.1) is 5.92 Å². The molecule has 3 atom stereocenters. The van der Waals surface area contributed by atoms with E-state index in [2.05, 4.69) is 10.6 Å². The number of rotatable bonds is 3. The molecule has 3 N–H and O–H groups in total. The molecule has 1 saturated heterocycles. The second-order valence-electron chi connectivity index (χ2n) is 4.99. The van der Waals surface area contributed by atoms with Crippen molar-refractivity contribution in [1.82, 2.24) is 10.6 Å². The summed E-state index contributed by atoms with van der Waals surface area (Å²) in [4.78, 5) is 11.9. The average molecular weight is 226 g/mol. The number of nitrogens with one attached hydrogen (secondary N) is 2. The fraction of sp³-hybridized carbons (Fsp3) is 0.917. The van der Waals surface area contributed by atoms with E-state index in [4.69, 9.17) is 0 Å². The summed E-state index contributed by atoms with van der Waals surface area (Å²) in [7, 11) is 0. The molecule has 0 aromatic rings. The van der Waals surface area contributed by atoms with Gasteiger partial charge >= 0.3 is 0 Å². The predicted octanol–water partition coefficient (Wildman–Crippen LogP) is 0.406. The molecule has 1 amide bonds. The van der Waals surface area contributed by atoms with Crippen molar-refractivity contribution in [2.75, 3.05) is 13.2 Å². The minimum atomic E-state index is 0.00118. The first-order chi connectivity index (χ1) is 7.81. The van der Waals surface area contributed by atoms with Crippen LogP contribution >= 0.6 is 0 Å². The number of hydrogen-bond acceptors (Lipinski definition) is 3. The lowest BCUT2D eigenvalue weighted by Gasteiger charge is -2.31. The highest BCUT2D eigenvalue weighted by Gasteiger charge is 2.29. The zero-order chi connectivity index (χ0) is 11.4. The summed E-state index contributed by atoms with van der Waals surface area (Å²) in [5, 5.41) is 15.6. The summed E-state index contributed by atoms with van der Waals surface area (Å²) in [5.41, 5.74) is 0. The van der Waals surface area contributed by atoms with Crippen molar-refractivity contribution in [2.45, 2.75) is 50.6 Å². The fourth-order valence-corrected chi connectivity index (χ4v) is 2.81. The molecule has 0 radical (unpaired) electrons. The number of aliphatic hydroxyl groups is 1. The Morgan fingerprint density at radius 1 is 1.25 bits per heavy atom. The summed E-state index contributed by atoms with van der Waals surface area (Å²) in [5.74, 6) is 0.391. The van der Waals surface area contributed by atoms with Gasteiger partial charge < -0.3 is 15.7 Å². The van der Waals surface area contributed by atoms with Gasteiger partial charge in [0.2, 0.25) is 5.91 Å². The highest BCUT2D eigenvalue weighted by molar-refractivity contribution is 5.82. The third-order valence-electron chi connectivity index (χ3n) is 3.85. The van der Waals surface area contributed by atoms with Gasteiger partial charge in [0.15, 0.2) is 0 Å². The molecule has 2 rings (SSSR count). The largest absolute Gasteiger partial charge is 0.396 e. The highest BCUT2D eigenvalue weighted by Crippen LogP contribution is 2.24. The molecule has 1 heterocycles. The molecule has 0 aromatic carbocycles. The van der Waals surface area contributed by atoms with Crippen molar-refractivity contribution >= 4 is 5.91 Å². The first kappa shape index (κ1) is 11.9. The highest BCUT2D eigenvalue weighted by atomic mass is 16.3. The van der Waals surface area contributed by atoms with Crippen LogP contribution in [-0.4, -0.2) is 36.2 Å². The first-order valence-electron chi connectivity index (χ1n) is 6.46. The van der Waals surface area contributed by atoms with E-state index in [1.165, 1.54) is 12.8 Å². The average Bonchev–Trinajstić information content (AvgIpc) is 2.83. The van der Waals surface area contributed by atoms with Gasteiger partial charge in [0.1, 0.15) is 0 Å². The van der Waals surface area contributed by atoms with Gasteiger partial charge in [0.05, 0.1) is 6.04 Å². The van der Waals surface area contributed by atoms with E-state index >= 15 is 0 Å². The van der Waals surface area contributed by atoms with Crippen molar-refractivity contribution in [2.24, 2.45) is 5.92 Å². The summed E-state index contributed by atoms with van der Waals surface area (Å²) in [6, 6.07) is 0.190. The van der Waals surface area contributed by atoms with E-state index < -0.39 is 0 Å². The van der Waals surface area contributed by atoms with Crippen LogP contribution in [0.25, 0.3) is 0 Å². The van der Waals surface area contributed by atoms with E-state index in [1.807, 2.05) is 0 Å². The maximum atomic E-state index is 11.9. The molecule has 0 aromatic heterocycles. The summed E-state index contributed by atoms with van der Waals surface area (Å²) in [6.45, 7) is 1.15. The zero-order valence-corrected chi connectivity index (χ0v) is 9.74. The van der Waals surface area contributed by atoms with E-state index in [0.29, 0.717) is 0 Å². The minimum absolute atomic E-state index is 0.00118. The van der Waals surface area contributed by atoms with Gasteiger partial charge in [-0.2, -0.15) is 0 Å². The van der Waals surface area contributed by atoms with Crippen LogP contribution in [0.3, 0.4) is 0 Å². The number of hydrogen-bond donors (Lipinski definition) is 3. The maximum absolute atomic E-state index is 11.9. The number of aliphatic hydroxyl groups excluding tert-OH is 1. The van der Waals surface area contributed by atoms with Crippen molar-refractivity contribution in [1.29, 1.82) is 0 Å². The van der Waals surface area contributed by atoms with E-state index in [9.17, 15) is 9.90 Å². The molecule has 0 bridgehead atoms. The van der Waals surface area contributed by atoms with Gasteiger partial charge in [-0.05, 0) is 32.2 Å². The Kier molecular flexibility index (Phi) is 4.18. The Bertz CT molecular complexity index is 239. The smallest absolute Gasteiger partial charge is 0.237 e. The van der Waals surface area contributed by atoms with E-state index in [0.717, 1.165) is 32.2 Å². The summed E-state index contributed by atoms with van der Waals surface area (Å²) in [6.07, 6.45) is 6.44. The lowest BCUT2D eigenvalue weighted by atomic mass is 9.85. The van der Waals surface area contributed by atoms with Crippen LogP contribution < -0.4 is 10.6 Å². The Balaban J connectivity index is 1.84. The van der Waals surface area contributed by atoms with Crippen molar-refractivity contribution in [3.05, 3.63) is 0 Å². The quantitative estimate of drug-likeness (QED) is 0.653. The van der Waals surface area contributed by atoms with Crippen molar-refractivity contribution < 1.29 is 9.90 Å². The van der Waals surface area contributed by atoms with Gasteiger partial charge in [-0.15, -0.1) is 0 Å². The van der Waals surface area contributed by atoms with Gasteiger partial charge in [-0.25, -0.2) is 0 Å². The van der Waals surface area contributed by atoms with Crippen molar-refractivity contribution in [3.63, 3.8) is 0 Å². The minimum Gasteiger partial charge on any atom is -0.396 e. The second-order valence-corrected chi connectivity index (χ2v) is 4.99. The lowest BCUT2D eigenvalue weighted by Crippen LogP contribution is -2.49. The first-order valence-corrected chi connectivity index (χ1v) is 6.46. The molecule has 4 heteroatoms. The third-order valence-corrected chi connectivity index (χ3v) is 3.85. The Morgan fingerprint density at radius 3 is 2.75 bits per heavy atom. The van der Waals surface area contributed by atoms with E-state index in [1.54, 1.807) is 0 Å². The molecule has 4 nitrogen and oxygen atoms in total. The van der Waals surface area contributed by atoms with Gasteiger partial charge in [-0.1, -0.05) is 12.8 Å². The molecular weight excluding hydrogens is 204 g/mol. The topological polar surface area (TPSA) is 61.4 Å². The van der Waals surface area contributed by atoms with E-state index in [-0.39, 0.29) is 30.5 Å². The molecule has 92 valence electrons. The monoisotopic (exact) mass is 226 g/mol. The normalized spacial score (nSPS) is 34.9. The van der Waals surface area contributed by atoms with Crippen molar-refractivity contribution in [3.8, 4) is 0 Å². The standard InChI is InChI=1S/C12H22N2O2/c15-8-9-4-1-2-5-10(9)14-12(16)11-6-3-7-13-11/h9-11,13,15H,1-8H2,(H,14,16)/t9?,10?,11-/m1/s1. The second kappa shape index (κ2) is 5.64. The molecule has 2 fully saturated rings. The van der Waals surface area contributed by atoms with Crippen LogP contribution in [0.4, 0.5) is 0 Å². The number of carbonyl (C=O) groups is 1. The molecule has 0 spiro atoms. The number of carbonyl (C=O) groups excluding carboxylic acids is 1. The molecule has 16 heavy (non-hydrogen) atoms. The molecule has 2 unspecified atom stereocenters. The van der Waals surface area contributed by atoms with Crippen LogP contribution in [0.5, 0.6) is 0 Å². The molecule has 1 aliphatic carbocycles. The van der Waals surface area contributed by atoms with Gasteiger partial charge in [0.25, 0.3) is 0 Å². The molecular formula is C12H22N2O2. The van der Waals surface area contributed by atoms with Crippen LogP contribution in [-0.2, 0) is 4.79 Å². The van der Waals surface area contributed by atoms with Crippen LogP contribution in [0.15, 0.2) is 0 Å². The van der Waals surface area contributed by atoms with Crippen LogP contribution in [0.1, 0.15) is 38.5 Å². The SMILES string of the molecule is O=C(NC1CCCCC1CO)[C@H]1CCCN1. The third kappa shape index (κ3) is 2.74. The maximum Gasteiger partial charge on any atom is 0.237 e. The van der Waals surface area contributed by atoms with Gasteiger partial charge in [-0.3, -0.25) is 4.79 Å². The Labute approximate surface area is 96.8 Å². The fourth-order valence-electron chi connectivity index (χ4n) is 2.81. The summed E-state index contributed by atoms with van der Waals surface area (Å²) < 4.78 is 0. The Morgan fingerprint density at radius 2 is 2.06 bits per heavy atom. The Hall–Kier alpha value is -0.610. The molecule has 2 aliphatic rings. The van der Waals surface area contributed by atoms with Crippen LogP contribution in [0.2, 0.25) is 0 Å². The summed E-state index contributed by atoms with van der Waals surface area (Å²) >= 11 is 0. The molecule has 1 saturated carbocycles. The lowest BCUT2D eigenvalue weighted by molar-refractivity contribution is -0.124. The number of amides is 1. The molecule has 1 aliphatic heterocycles.